The second-order valence-corrected chi connectivity index (χ2v) is 12.4. The van der Waals surface area contributed by atoms with Gasteiger partial charge in [-0.15, -0.1) is 0 Å². The quantitative estimate of drug-likeness (QED) is 0.108. The van der Waals surface area contributed by atoms with Crippen molar-refractivity contribution in [2.75, 3.05) is 67.1 Å². The van der Waals surface area contributed by atoms with Crippen molar-refractivity contribution in [3.8, 4) is 5.75 Å². The molecule has 0 fully saturated rings. The third kappa shape index (κ3) is 13.6. The summed E-state index contributed by atoms with van der Waals surface area (Å²) >= 11 is 0. The largest absolute Gasteiger partial charge is 0.491 e. The summed E-state index contributed by atoms with van der Waals surface area (Å²) in [4.78, 5) is 26.9. The summed E-state index contributed by atoms with van der Waals surface area (Å²) in [6.45, 7) is 2.85. The summed E-state index contributed by atoms with van der Waals surface area (Å²) in [5, 5.41) is 28.5. The van der Waals surface area contributed by atoms with E-state index in [2.05, 4.69) is 10.6 Å². The van der Waals surface area contributed by atoms with Gasteiger partial charge in [-0.1, -0.05) is 66.7 Å². The molecule has 1 aliphatic carbocycles. The standard InChI is InChI=1S/C39H52N2O10/c1-46-16-18-48-20-22-50-32-14-12-29(13-15-32)24-31(38(44)41-37-33-11-7-6-10-30(33)26-36(37)43)27-35(42)34(25-28-8-4-3-5-9-28)40-39(45)51-23-21-49-19-17-47-2/h3-15,31,34-37,42-43H,16-27H2,1-2H3,(H,40,45)(H,41,44)/t31?,34?,35?,36-,37-/m0/s1. The third-order valence-electron chi connectivity index (χ3n) is 8.69. The first-order valence-electron chi connectivity index (χ1n) is 17.4. The molecule has 278 valence electrons. The molecule has 5 atom stereocenters. The molecule has 3 aromatic carbocycles. The molecular formula is C39H52N2O10. The number of amides is 2. The molecule has 4 N–H and O–H groups in total. The fourth-order valence-electron chi connectivity index (χ4n) is 6.01. The first-order valence-corrected chi connectivity index (χ1v) is 17.4. The lowest BCUT2D eigenvalue weighted by atomic mass is 9.88. The highest BCUT2D eigenvalue weighted by Gasteiger charge is 2.35. The van der Waals surface area contributed by atoms with E-state index < -0.39 is 36.3 Å². The first kappa shape index (κ1) is 39.7. The second kappa shape index (κ2) is 22.0. The van der Waals surface area contributed by atoms with Gasteiger partial charge in [0.05, 0.1) is 63.9 Å². The molecule has 0 bridgehead atoms. The lowest BCUT2D eigenvalue weighted by molar-refractivity contribution is -0.127. The van der Waals surface area contributed by atoms with Crippen LogP contribution in [0.15, 0.2) is 78.9 Å². The summed E-state index contributed by atoms with van der Waals surface area (Å²) in [6.07, 6.45) is -1.50. The van der Waals surface area contributed by atoms with Crippen molar-refractivity contribution in [2.45, 2.75) is 50.0 Å². The summed E-state index contributed by atoms with van der Waals surface area (Å²) in [6, 6.07) is 23.3. The van der Waals surface area contributed by atoms with E-state index in [9.17, 15) is 19.8 Å². The molecule has 3 aromatic rings. The molecule has 2 amide bonds. The van der Waals surface area contributed by atoms with E-state index in [4.69, 9.17) is 28.4 Å². The van der Waals surface area contributed by atoms with Crippen LogP contribution in [-0.4, -0.2) is 108 Å². The fourth-order valence-corrected chi connectivity index (χ4v) is 6.01. The number of hydrogen-bond acceptors (Lipinski definition) is 10. The van der Waals surface area contributed by atoms with Crippen molar-refractivity contribution in [3.63, 3.8) is 0 Å². The van der Waals surface area contributed by atoms with Crippen LogP contribution in [0.25, 0.3) is 0 Å². The molecule has 3 unspecified atom stereocenters. The zero-order valence-electron chi connectivity index (χ0n) is 29.5. The third-order valence-corrected chi connectivity index (χ3v) is 8.69. The van der Waals surface area contributed by atoms with Gasteiger partial charge in [0.2, 0.25) is 5.91 Å². The summed E-state index contributed by atoms with van der Waals surface area (Å²) in [5.41, 5.74) is 3.62. The number of rotatable bonds is 23. The van der Waals surface area contributed by atoms with Gasteiger partial charge in [-0.05, 0) is 53.6 Å². The predicted octanol–water partition coefficient (Wildman–Crippen LogP) is 3.41. The van der Waals surface area contributed by atoms with Crippen LogP contribution < -0.4 is 15.4 Å². The molecule has 0 radical (unpaired) electrons. The summed E-state index contributed by atoms with van der Waals surface area (Å²) in [5.74, 6) is -0.348. The molecular weight excluding hydrogens is 656 g/mol. The zero-order chi connectivity index (χ0) is 36.3. The Morgan fingerprint density at radius 1 is 0.765 bits per heavy atom. The SMILES string of the molecule is COCCOCCOC(=O)NC(Cc1ccccc1)C(O)CC(Cc1ccc(OCCOCCOC)cc1)C(=O)N[C@H]1c2ccccc2C[C@@H]1O. The Kier molecular flexibility index (Phi) is 17.2. The van der Waals surface area contributed by atoms with Gasteiger partial charge in [0, 0.05) is 26.6 Å². The maximum Gasteiger partial charge on any atom is 0.407 e. The maximum absolute atomic E-state index is 14.0. The molecule has 0 heterocycles. The van der Waals surface area contributed by atoms with Crippen molar-refractivity contribution < 1.29 is 48.2 Å². The topological polar surface area (TPSA) is 154 Å². The van der Waals surface area contributed by atoms with Gasteiger partial charge in [-0.25, -0.2) is 4.79 Å². The number of alkyl carbamates (subject to hydrolysis) is 1. The van der Waals surface area contributed by atoms with Gasteiger partial charge in [-0.2, -0.15) is 0 Å². The van der Waals surface area contributed by atoms with Crippen molar-refractivity contribution in [2.24, 2.45) is 5.92 Å². The van der Waals surface area contributed by atoms with Crippen molar-refractivity contribution in [3.05, 3.63) is 101 Å². The molecule has 4 rings (SSSR count). The Hall–Kier alpha value is -4.04. The molecule has 0 spiro atoms. The highest BCUT2D eigenvalue weighted by atomic mass is 16.6. The van der Waals surface area contributed by atoms with E-state index in [0.29, 0.717) is 64.7 Å². The minimum absolute atomic E-state index is 0.0282. The van der Waals surface area contributed by atoms with Crippen LogP contribution in [0, 0.1) is 5.92 Å². The van der Waals surface area contributed by atoms with Crippen LogP contribution in [0.4, 0.5) is 4.79 Å². The number of nitrogens with one attached hydrogen (secondary N) is 2. The van der Waals surface area contributed by atoms with Gasteiger partial charge in [0.25, 0.3) is 0 Å². The number of hydrogen-bond donors (Lipinski definition) is 4. The smallest absolute Gasteiger partial charge is 0.407 e. The lowest BCUT2D eigenvalue weighted by Gasteiger charge is -2.28. The van der Waals surface area contributed by atoms with Crippen LogP contribution in [0.1, 0.15) is 34.7 Å². The van der Waals surface area contributed by atoms with E-state index in [0.717, 1.165) is 22.3 Å². The average Bonchev–Trinajstić information content (AvgIpc) is 3.45. The van der Waals surface area contributed by atoms with E-state index in [1.54, 1.807) is 14.2 Å². The Labute approximate surface area is 300 Å². The number of aliphatic hydroxyl groups is 2. The van der Waals surface area contributed by atoms with Crippen molar-refractivity contribution in [1.29, 1.82) is 0 Å². The van der Waals surface area contributed by atoms with Crippen molar-refractivity contribution in [1.82, 2.24) is 10.6 Å². The van der Waals surface area contributed by atoms with Crippen LogP contribution in [-0.2, 0) is 47.7 Å². The monoisotopic (exact) mass is 708 g/mol. The molecule has 0 aromatic heterocycles. The number of carbonyl (C=O) groups is 2. The van der Waals surface area contributed by atoms with Crippen LogP contribution in [0.3, 0.4) is 0 Å². The van der Waals surface area contributed by atoms with E-state index in [1.807, 2.05) is 78.9 Å². The summed E-state index contributed by atoms with van der Waals surface area (Å²) in [7, 11) is 3.20. The molecule has 12 heteroatoms. The number of aliphatic hydroxyl groups excluding tert-OH is 2. The van der Waals surface area contributed by atoms with Crippen LogP contribution >= 0.6 is 0 Å². The Balaban J connectivity index is 1.46. The molecule has 1 aliphatic rings. The van der Waals surface area contributed by atoms with E-state index >= 15 is 0 Å². The highest BCUT2D eigenvalue weighted by molar-refractivity contribution is 5.80. The van der Waals surface area contributed by atoms with Gasteiger partial charge < -0.3 is 49.3 Å². The minimum Gasteiger partial charge on any atom is -0.491 e. The second-order valence-electron chi connectivity index (χ2n) is 12.4. The normalized spacial score (nSPS) is 16.9. The van der Waals surface area contributed by atoms with E-state index in [1.165, 1.54) is 0 Å². The number of fused-ring (bicyclic) bond motifs is 1. The van der Waals surface area contributed by atoms with Gasteiger partial charge in [0.1, 0.15) is 19.0 Å². The highest BCUT2D eigenvalue weighted by Crippen LogP contribution is 2.32. The minimum atomic E-state index is -1.12. The van der Waals surface area contributed by atoms with Gasteiger partial charge in [-0.3, -0.25) is 4.79 Å². The molecule has 0 saturated carbocycles. The van der Waals surface area contributed by atoms with Crippen LogP contribution in [0.2, 0.25) is 0 Å². The molecule has 0 aliphatic heterocycles. The fraction of sp³-hybridized carbons (Fsp3) is 0.487. The number of benzene rings is 3. The van der Waals surface area contributed by atoms with E-state index in [-0.39, 0.29) is 25.5 Å². The molecule has 12 nitrogen and oxygen atoms in total. The van der Waals surface area contributed by atoms with Crippen molar-refractivity contribution >= 4 is 12.0 Å². The first-order chi connectivity index (χ1) is 24.9. The number of methoxy groups -OCH3 is 2. The zero-order valence-corrected chi connectivity index (χ0v) is 29.5. The molecule has 0 saturated heterocycles. The van der Waals surface area contributed by atoms with Gasteiger partial charge >= 0.3 is 6.09 Å². The Bertz CT molecular complexity index is 1440. The summed E-state index contributed by atoms with van der Waals surface area (Å²) < 4.78 is 31.9. The number of carbonyl (C=O) groups excluding carboxylic acids is 2. The Morgan fingerprint density at radius 2 is 1.39 bits per heavy atom. The van der Waals surface area contributed by atoms with Gasteiger partial charge in [0.15, 0.2) is 0 Å². The number of ether oxygens (including phenoxy) is 6. The molecule has 51 heavy (non-hydrogen) atoms. The predicted molar refractivity (Wildman–Crippen MR) is 191 cm³/mol. The van der Waals surface area contributed by atoms with Crippen LogP contribution in [0.5, 0.6) is 5.75 Å². The Morgan fingerprint density at radius 3 is 2.10 bits per heavy atom. The average molecular weight is 709 g/mol. The maximum atomic E-state index is 14.0. The lowest BCUT2D eigenvalue weighted by Crippen LogP contribution is -2.47.